The molecule has 0 fully saturated rings. The molecule has 0 aliphatic carbocycles. The molecule has 1 aliphatic rings. The van der Waals surface area contributed by atoms with Crippen LogP contribution in [-0.2, 0) is 9.63 Å². The third-order valence-corrected chi connectivity index (χ3v) is 8.64. The van der Waals surface area contributed by atoms with Gasteiger partial charge < -0.3 is 19.0 Å². The van der Waals surface area contributed by atoms with E-state index >= 15 is 0 Å². The van der Waals surface area contributed by atoms with E-state index in [1.165, 1.54) is 57.8 Å². The molecule has 1 heterocycles. The zero-order valence-corrected chi connectivity index (χ0v) is 29.0. The van der Waals surface area contributed by atoms with Crippen LogP contribution in [0.15, 0.2) is 90.1 Å². The Morgan fingerprint density at radius 3 is 1.92 bits per heavy atom. The van der Waals surface area contributed by atoms with Crippen LogP contribution < -0.4 is 14.2 Å². The SMILES string of the molecule is CCCCCCCCOc1ccc2cc(C#Cc3ccc(OC(=O)C4CC(c5ccc(OCCCCCCC)cc5)=NO4)cc3)ccc2c1. The molecule has 4 aromatic rings. The maximum absolute atomic E-state index is 12.8. The highest BCUT2D eigenvalue weighted by molar-refractivity contribution is 6.03. The third kappa shape index (κ3) is 11.4. The average molecular weight is 660 g/mol. The maximum atomic E-state index is 12.8. The van der Waals surface area contributed by atoms with Crippen molar-refractivity contribution in [3.8, 4) is 29.1 Å². The molecule has 1 atom stereocenters. The summed E-state index contributed by atoms with van der Waals surface area (Å²) in [6.07, 6.45) is 13.1. The van der Waals surface area contributed by atoms with Crippen molar-refractivity contribution in [3.05, 3.63) is 102 Å². The topological polar surface area (TPSA) is 66.4 Å². The summed E-state index contributed by atoms with van der Waals surface area (Å²) in [4.78, 5) is 18.2. The van der Waals surface area contributed by atoms with Gasteiger partial charge in [0.25, 0.3) is 0 Å². The molecule has 4 aromatic carbocycles. The fraction of sp³-hybridized carbons (Fsp3) is 0.395. The molecule has 6 heteroatoms. The van der Waals surface area contributed by atoms with Crippen LogP contribution in [0.2, 0.25) is 0 Å². The van der Waals surface area contributed by atoms with Gasteiger partial charge >= 0.3 is 5.97 Å². The predicted octanol–water partition coefficient (Wildman–Crippen LogP) is 10.4. The van der Waals surface area contributed by atoms with Gasteiger partial charge in [0.2, 0.25) is 6.10 Å². The highest BCUT2D eigenvalue weighted by Gasteiger charge is 2.30. The zero-order valence-electron chi connectivity index (χ0n) is 29.0. The summed E-state index contributed by atoms with van der Waals surface area (Å²) in [6.45, 7) is 5.93. The molecule has 0 radical (unpaired) electrons. The summed E-state index contributed by atoms with van der Waals surface area (Å²) >= 11 is 0. The number of ether oxygens (including phenoxy) is 3. The van der Waals surface area contributed by atoms with Crippen molar-refractivity contribution in [1.29, 1.82) is 0 Å². The van der Waals surface area contributed by atoms with Crippen LogP contribution in [0.3, 0.4) is 0 Å². The summed E-state index contributed by atoms with van der Waals surface area (Å²) < 4.78 is 17.4. The van der Waals surface area contributed by atoms with E-state index in [-0.39, 0.29) is 0 Å². The molecule has 1 unspecified atom stereocenters. The Kier molecular flexibility index (Phi) is 14.0. The van der Waals surface area contributed by atoms with E-state index in [1.54, 1.807) is 12.1 Å². The summed E-state index contributed by atoms with van der Waals surface area (Å²) in [5.74, 6) is 8.15. The van der Waals surface area contributed by atoms with Crippen LogP contribution in [0.4, 0.5) is 0 Å². The Balaban J connectivity index is 1.05. The molecule has 49 heavy (non-hydrogen) atoms. The molecule has 0 amide bonds. The van der Waals surface area contributed by atoms with Crippen molar-refractivity contribution in [2.24, 2.45) is 5.16 Å². The van der Waals surface area contributed by atoms with E-state index < -0.39 is 12.1 Å². The lowest BCUT2D eigenvalue weighted by molar-refractivity contribution is -0.145. The molecule has 0 spiro atoms. The van der Waals surface area contributed by atoms with Gasteiger partial charge in [0.1, 0.15) is 17.2 Å². The van der Waals surface area contributed by atoms with Gasteiger partial charge in [-0.1, -0.05) is 101 Å². The minimum Gasteiger partial charge on any atom is -0.494 e. The summed E-state index contributed by atoms with van der Waals surface area (Å²) in [7, 11) is 0. The number of carbonyl (C=O) groups excluding carboxylic acids is 1. The van der Waals surface area contributed by atoms with Crippen LogP contribution in [0.25, 0.3) is 10.8 Å². The second-order valence-corrected chi connectivity index (χ2v) is 12.7. The van der Waals surface area contributed by atoms with Crippen molar-refractivity contribution in [1.82, 2.24) is 0 Å². The second kappa shape index (κ2) is 19.3. The van der Waals surface area contributed by atoms with Crippen molar-refractivity contribution in [2.75, 3.05) is 13.2 Å². The largest absolute Gasteiger partial charge is 0.494 e. The van der Waals surface area contributed by atoms with E-state index in [0.717, 1.165) is 65.0 Å². The van der Waals surface area contributed by atoms with Crippen LogP contribution in [0.5, 0.6) is 17.2 Å². The predicted molar refractivity (Wildman–Crippen MR) is 198 cm³/mol. The number of esters is 1. The monoisotopic (exact) mass is 659 g/mol. The number of fused-ring (bicyclic) bond motifs is 1. The van der Waals surface area contributed by atoms with Gasteiger partial charge in [-0.15, -0.1) is 0 Å². The van der Waals surface area contributed by atoms with Crippen molar-refractivity contribution >= 4 is 22.5 Å². The highest BCUT2D eigenvalue weighted by atomic mass is 16.7. The van der Waals surface area contributed by atoms with Gasteiger partial charge in [0, 0.05) is 17.5 Å². The van der Waals surface area contributed by atoms with Gasteiger partial charge in [-0.25, -0.2) is 4.79 Å². The molecule has 0 bridgehead atoms. The fourth-order valence-corrected chi connectivity index (χ4v) is 5.71. The Labute approximate surface area is 291 Å². The maximum Gasteiger partial charge on any atom is 0.356 e. The lowest BCUT2D eigenvalue weighted by Gasteiger charge is -2.09. The number of rotatable bonds is 18. The molecule has 256 valence electrons. The minimum absolute atomic E-state index is 0.347. The summed E-state index contributed by atoms with van der Waals surface area (Å²) in [5.41, 5.74) is 3.37. The van der Waals surface area contributed by atoms with Gasteiger partial charge in [-0.05, 0) is 102 Å². The molecule has 1 aliphatic heterocycles. The lowest BCUT2D eigenvalue weighted by Crippen LogP contribution is -2.26. The summed E-state index contributed by atoms with van der Waals surface area (Å²) in [5, 5.41) is 6.40. The number of unbranched alkanes of at least 4 members (excludes halogenated alkanes) is 9. The Hall–Kier alpha value is -4.76. The van der Waals surface area contributed by atoms with Gasteiger partial charge in [0.15, 0.2) is 0 Å². The number of hydrogen-bond donors (Lipinski definition) is 0. The van der Waals surface area contributed by atoms with Crippen LogP contribution >= 0.6 is 0 Å². The first-order chi connectivity index (χ1) is 24.1. The standard InChI is InChI=1S/C43H49NO5/c1-3-5-7-9-11-13-29-47-40-27-22-36-30-34(16-19-37(36)31-40)15-14-33-17-23-39(24-18-33)48-43(45)42-32-41(44-49-42)35-20-25-38(26-21-35)46-28-12-10-8-6-4-2/h16-27,30-31,42H,3-13,28-29,32H2,1-2H3. The molecular weight excluding hydrogens is 610 g/mol. The Bertz CT molecular complexity index is 1720. The van der Waals surface area contributed by atoms with Gasteiger partial charge in [-0.2, -0.15) is 0 Å². The highest BCUT2D eigenvalue weighted by Crippen LogP contribution is 2.24. The van der Waals surface area contributed by atoms with Crippen LogP contribution in [-0.4, -0.2) is 31.0 Å². The average Bonchev–Trinajstić information content (AvgIpc) is 3.63. The molecule has 0 saturated heterocycles. The number of benzene rings is 4. The first kappa shape index (κ1) is 35.5. The third-order valence-electron chi connectivity index (χ3n) is 8.64. The van der Waals surface area contributed by atoms with E-state index in [2.05, 4.69) is 55.1 Å². The number of carbonyl (C=O) groups is 1. The van der Waals surface area contributed by atoms with E-state index in [4.69, 9.17) is 19.0 Å². The quantitative estimate of drug-likeness (QED) is 0.0460. The first-order valence-electron chi connectivity index (χ1n) is 18.1. The molecule has 0 saturated carbocycles. The van der Waals surface area contributed by atoms with Gasteiger partial charge in [-0.3, -0.25) is 0 Å². The molecule has 6 nitrogen and oxygen atoms in total. The number of oxime groups is 1. The molecule has 0 aromatic heterocycles. The van der Waals surface area contributed by atoms with Crippen LogP contribution in [0.1, 0.15) is 108 Å². The van der Waals surface area contributed by atoms with Crippen LogP contribution in [0, 0.1) is 11.8 Å². The first-order valence-corrected chi connectivity index (χ1v) is 18.1. The summed E-state index contributed by atoms with van der Waals surface area (Å²) in [6, 6.07) is 27.4. The number of hydrogen-bond acceptors (Lipinski definition) is 6. The van der Waals surface area contributed by atoms with E-state index in [9.17, 15) is 4.79 Å². The zero-order chi connectivity index (χ0) is 34.1. The van der Waals surface area contributed by atoms with Gasteiger partial charge in [0.05, 0.1) is 18.9 Å². The molecule has 0 N–H and O–H groups in total. The normalized spacial score (nSPS) is 13.7. The minimum atomic E-state index is -0.788. The van der Waals surface area contributed by atoms with E-state index in [1.807, 2.05) is 48.5 Å². The van der Waals surface area contributed by atoms with Crippen molar-refractivity contribution in [3.63, 3.8) is 0 Å². The lowest BCUT2D eigenvalue weighted by atomic mass is 10.0. The number of nitrogens with zero attached hydrogens (tertiary/aromatic N) is 1. The molecular formula is C43H49NO5. The second-order valence-electron chi connectivity index (χ2n) is 12.7. The molecule has 5 rings (SSSR count). The van der Waals surface area contributed by atoms with E-state index in [0.29, 0.717) is 17.9 Å². The Morgan fingerprint density at radius 1 is 0.653 bits per heavy atom. The van der Waals surface area contributed by atoms with Crippen molar-refractivity contribution in [2.45, 2.75) is 97.0 Å². The fourth-order valence-electron chi connectivity index (χ4n) is 5.71. The smallest absolute Gasteiger partial charge is 0.356 e. The Morgan fingerprint density at radius 2 is 1.20 bits per heavy atom. The van der Waals surface area contributed by atoms with Crippen molar-refractivity contribution < 1.29 is 23.8 Å².